The van der Waals surface area contributed by atoms with Crippen LogP contribution in [-0.2, 0) is 14.2 Å². The van der Waals surface area contributed by atoms with E-state index in [1.54, 1.807) is 24.3 Å². The van der Waals surface area contributed by atoms with Crippen LogP contribution in [0.3, 0.4) is 0 Å². The third-order valence-corrected chi connectivity index (χ3v) is 7.64. The van der Waals surface area contributed by atoms with Gasteiger partial charge in [0, 0.05) is 17.7 Å². The normalized spacial score (nSPS) is 32.4. The molecule has 3 heterocycles. The second-order valence-corrected chi connectivity index (χ2v) is 10.5. The summed E-state index contributed by atoms with van der Waals surface area (Å²) >= 11 is 0. The zero-order chi connectivity index (χ0) is 31.9. The van der Waals surface area contributed by atoms with Crippen molar-refractivity contribution in [3.8, 4) is 34.3 Å². The van der Waals surface area contributed by atoms with Gasteiger partial charge in [0.25, 0.3) is 0 Å². The third-order valence-electron chi connectivity index (χ3n) is 7.64. The Morgan fingerprint density at radius 2 is 1.45 bits per heavy atom. The molecule has 0 radical (unpaired) electrons. The molecule has 5 rings (SSSR count). The molecule has 2 aliphatic rings. The molecule has 0 spiro atoms. The highest BCUT2D eigenvalue weighted by Gasteiger charge is 2.47. The predicted molar refractivity (Wildman–Crippen MR) is 148 cm³/mol. The Morgan fingerprint density at radius 3 is 2.11 bits per heavy atom. The van der Waals surface area contributed by atoms with Gasteiger partial charge in [-0.1, -0.05) is 0 Å². The quantitative estimate of drug-likeness (QED) is 0.163. The van der Waals surface area contributed by atoms with Gasteiger partial charge in [-0.2, -0.15) is 0 Å². The first-order valence-corrected chi connectivity index (χ1v) is 13.6. The Kier molecular flexibility index (Phi) is 9.31. The molecule has 0 unspecified atom stereocenters. The second-order valence-electron chi connectivity index (χ2n) is 10.5. The molecule has 3 aromatic rings. The first-order chi connectivity index (χ1) is 20.9. The SMILES string of the molecule is COc1ccc(-c2cc(=O)c3c(O)c(OC)c(O[C@H]4O[C@H](CO[C@H]5O[C@@H](C)[C@@H](O)[C@H](O)[C@@H]5O)[C@H](O)[C@@H](O)[C@@H]4O)cc3o2)cc1. The average molecular weight is 623 g/mol. The lowest BCUT2D eigenvalue weighted by molar-refractivity contribution is -0.318. The molecular formula is C29H34O15. The number of fused-ring (bicyclic) bond motifs is 1. The van der Waals surface area contributed by atoms with E-state index < -0.39 is 79.2 Å². The topological polar surface area (TPSA) is 227 Å². The number of methoxy groups -OCH3 is 2. The summed E-state index contributed by atoms with van der Waals surface area (Å²) < 4.78 is 38.7. The maximum absolute atomic E-state index is 13.0. The first-order valence-electron chi connectivity index (χ1n) is 13.6. The number of rotatable bonds is 8. The number of phenols is 1. The van der Waals surface area contributed by atoms with Gasteiger partial charge in [-0.15, -0.1) is 0 Å². The maximum Gasteiger partial charge on any atom is 0.229 e. The van der Waals surface area contributed by atoms with Gasteiger partial charge in [0.1, 0.15) is 65.2 Å². The number of aliphatic hydroxyl groups excluding tert-OH is 6. The molecule has 0 amide bonds. The fourth-order valence-corrected chi connectivity index (χ4v) is 5.06. The Balaban J connectivity index is 1.41. The van der Waals surface area contributed by atoms with Gasteiger partial charge in [0.05, 0.1) is 26.9 Å². The standard InChI is InChI=1S/C29H34O15/c1-11-20(31)23(34)25(36)28(41-11)40-10-18-21(32)24(35)26(37)29(44-18)43-17-9-16-19(22(33)27(17)39-3)14(30)8-15(42-16)12-4-6-13(38-2)7-5-12/h4-9,11,18,20-21,23-26,28-29,31-37H,10H2,1-3H3/t11-,18+,20+,21-,23-,24+,25-,26-,28-,29-/m0/s1. The second kappa shape index (κ2) is 12.8. The van der Waals surface area contributed by atoms with Crippen LogP contribution in [0.1, 0.15) is 6.92 Å². The Labute approximate surface area is 249 Å². The van der Waals surface area contributed by atoms with Crippen LogP contribution in [0.5, 0.6) is 23.0 Å². The third kappa shape index (κ3) is 5.93. The Morgan fingerprint density at radius 1 is 0.795 bits per heavy atom. The molecule has 0 aliphatic carbocycles. The zero-order valence-corrected chi connectivity index (χ0v) is 23.8. The minimum Gasteiger partial charge on any atom is -0.504 e. The van der Waals surface area contributed by atoms with Gasteiger partial charge in [-0.05, 0) is 31.2 Å². The van der Waals surface area contributed by atoms with Crippen LogP contribution in [-0.4, -0.2) is 118 Å². The fourth-order valence-electron chi connectivity index (χ4n) is 5.06. The van der Waals surface area contributed by atoms with Crippen molar-refractivity contribution in [2.75, 3.05) is 20.8 Å². The molecule has 44 heavy (non-hydrogen) atoms. The summed E-state index contributed by atoms with van der Waals surface area (Å²) in [6.07, 6.45) is -15.2. The van der Waals surface area contributed by atoms with Gasteiger partial charge >= 0.3 is 0 Å². The monoisotopic (exact) mass is 622 g/mol. The van der Waals surface area contributed by atoms with Gasteiger partial charge in [-0.25, -0.2) is 0 Å². The minimum absolute atomic E-state index is 0.0966. The molecule has 15 nitrogen and oxygen atoms in total. The van der Waals surface area contributed by atoms with E-state index in [2.05, 4.69) is 0 Å². The van der Waals surface area contributed by atoms with Crippen molar-refractivity contribution < 1.29 is 68.6 Å². The molecule has 7 N–H and O–H groups in total. The largest absolute Gasteiger partial charge is 0.504 e. The molecule has 1 aromatic heterocycles. The number of hydrogen-bond acceptors (Lipinski definition) is 15. The molecule has 2 aromatic carbocycles. The summed E-state index contributed by atoms with van der Waals surface area (Å²) in [5.41, 5.74) is -0.138. The van der Waals surface area contributed by atoms with Crippen LogP contribution in [0.2, 0.25) is 0 Å². The first kappa shape index (κ1) is 31.9. The van der Waals surface area contributed by atoms with Crippen molar-refractivity contribution in [2.24, 2.45) is 0 Å². The number of aliphatic hydroxyl groups is 6. The summed E-state index contributed by atoms with van der Waals surface area (Å²) in [5, 5.41) is 72.6. The van der Waals surface area contributed by atoms with Crippen LogP contribution in [0.4, 0.5) is 0 Å². The average Bonchev–Trinajstić information content (AvgIpc) is 3.01. The van der Waals surface area contributed by atoms with Crippen molar-refractivity contribution in [3.05, 3.63) is 46.6 Å². The van der Waals surface area contributed by atoms with Gasteiger partial charge < -0.3 is 68.6 Å². The summed E-state index contributed by atoms with van der Waals surface area (Å²) in [7, 11) is 2.72. The fraction of sp³-hybridized carbons (Fsp3) is 0.483. The van der Waals surface area contributed by atoms with Crippen molar-refractivity contribution >= 4 is 11.0 Å². The van der Waals surface area contributed by atoms with Crippen molar-refractivity contribution in [3.63, 3.8) is 0 Å². The molecule has 15 heteroatoms. The lowest BCUT2D eigenvalue weighted by Gasteiger charge is -2.42. The van der Waals surface area contributed by atoms with Crippen molar-refractivity contribution in [1.82, 2.24) is 0 Å². The number of benzene rings is 2. The molecule has 2 saturated heterocycles. The van der Waals surface area contributed by atoms with E-state index in [1.165, 1.54) is 33.3 Å². The van der Waals surface area contributed by atoms with E-state index in [9.17, 15) is 40.5 Å². The van der Waals surface area contributed by atoms with Crippen LogP contribution in [0, 0.1) is 0 Å². The molecule has 10 atom stereocenters. The van der Waals surface area contributed by atoms with E-state index in [0.29, 0.717) is 11.3 Å². The van der Waals surface area contributed by atoms with E-state index in [-0.39, 0.29) is 28.2 Å². The molecular weight excluding hydrogens is 588 g/mol. The van der Waals surface area contributed by atoms with Gasteiger partial charge in [-0.3, -0.25) is 4.79 Å². The Hall–Kier alpha value is -3.51. The number of hydrogen-bond donors (Lipinski definition) is 7. The lowest BCUT2D eigenvalue weighted by Crippen LogP contribution is -2.61. The summed E-state index contributed by atoms with van der Waals surface area (Å²) in [6.45, 7) is 0.947. The van der Waals surface area contributed by atoms with Crippen molar-refractivity contribution in [2.45, 2.75) is 68.3 Å². The van der Waals surface area contributed by atoms with E-state index in [0.717, 1.165) is 0 Å². The van der Waals surface area contributed by atoms with Crippen LogP contribution >= 0.6 is 0 Å². The number of ether oxygens (including phenoxy) is 6. The highest BCUT2D eigenvalue weighted by atomic mass is 16.7. The summed E-state index contributed by atoms with van der Waals surface area (Å²) in [5.74, 6) is -0.391. The van der Waals surface area contributed by atoms with Crippen molar-refractivity contribution in [1.29, 1.82) is 0 Å². The van der Waals surface area contributed by atoms with E-state index >= 15 is 0 Å². The molecule has 2 aliphatic heterocycles. The highest BCUT2D eigenvalue weighted by Crippen LogP contribution is 2.43. The van der Waals surface area contributed by atoms with Crippen LogP contribution in [0.15, 0.2) is 45.6 Å². The Bertz CT molecular complexity index is 1510. The molecule has 0 saturated carbocycles. The summed E-state index contributed by atoms with van der Waals surface area (Å²) in [6, 6.07) is 9.13. The van der Waals surface area contributed by atoms with Gasteiger partial charge in [0.2, 0.25) is 12.0 Å². The number of phenolic OH excluding ortho intramolecular Hbond substituents is 1. The maximum atomic E-state index is 13.0. The smallest absolute Gasteiger partial charge is 0.229 e. The highest BCUT2D eigenvalue weighted by molar-refractivity contribution is 5.89. The predicted octanol–water partition coefficient (Wildman–Crippen LogP) is -0.787. The molecule has 0 bridgehead atoms. The van der Waals surface area contributed by atoms with Crippen LogP contribution < -0.4 is 19.6 Å². The van der Waals surface area contributed by atoms with E-state index in [4.69, 9.17) is 32.8 Å². The molecule has 240 valence electrons. The van der Waals surface area contributed by atoms with E-state index in [1.807, 2.05) is 0 Å². The van der Waals surface area contributed by atoms with Crippen LogP contribution in [0.25, 0.3) is 22.3 Å². The number of aromatic hydroxyl groups is 1. The lowest BCUT2D eigenvalue weighted by atomic mass is 9.98. The summed E-state index contributed by atoms with van der Waals surface area (Å²) in [4.78, 5) is 13.0. The van der Waals surface area contributed by atoms with Gasteiger partial charge in [0.15, 0.2) is 23.2 Å². The molecule has 2 fully saturated rings. The minimum atomic E-state index is -1.81. The zero-order valence-electron chi connectivity index (χ0n) is 23.8.